The molecular formula is C19H35Y-. The van der Waals surface area contributed by atoms with Crippen LogP contribution in [0.5, 0.6) is 0 Å². The van der Waals surface area contributed by atoms with Crippen LogP contribution < -0.4 is 0 Å². The van der Waals surface area contributed by atoms with Crippen LogP contribution in [0.3, 0.4) is 0 Å². The van der Waals surface area contributed by atoms with Crippen LogP contribution in [-0.2, 0) is 32.7 Å². The molecule has 2 rings (SSSR count). The fourth-order valence-electron chi connectivity index (χ4n) is 2.99. The van der Waals surface area contributed by atoms with E-state index >= 15 is 0 Å². The molecule has 0 N–H and O–H groups in total. The van der Waals surface area contributed by atoms with Crippen LogP contribution in [0.2, 0.25) is 0 Å². The van der Waals surface area contributed by atoms with Crippen LogP contribution in [-0.4, -0.2) is 0 Å². The average molecular weight is 352 g/mol. The van der Waals surface area contributed by atoms with E-state index in [-0.39, 0.29) is 40.1 Å². The summed E-state index contributed by atoms with van der Waals surface area (Å²) in [5, 5.41) is 0. The van der Waals surface area contributed by atoms with Gasteiger partial charge in [-0.15, -0.1) is 13.8 Å². The average Bonchev–Trinajstić information content (AvgIpc) is 2.37. The van der Waals surface area contributed by atoms with Gasteiger partial charge in [0.25, 0.3) is 0 Å². The molecule has 0 saturated heterocycles. The minimum Gasteiger partial charge on any atom is -0.242 e. The van der Waals surface area contributed by atoms with Crippen LogP contribution in [0.4, 0.5) is 0 Å². The first-order chi connectivity index (χ1) is 8.40. The number of allylic oxidation sites excluding steroid dienone is 4. The van der Waals surface area contributed by atoms with Crippen molar-refractivity contribution < 1.29 is 32.7 Å². The van der Waals surface area contributed by atoms with Gasteiger partial charge in [0, 0.05) is 32.7 Å². The van der Waals surface area contributed by atoms with E-state index in [4.69, 9.17) is 0 Å². The number of rotatable bonds is 0. The molecule has 115 valence electrons. The third-order valence-corrected chi connectivity index (χ3v) is 4.66. The summed E-state index contributed by atoms with van der Waals surface area (Å²) in [7, 11) is 0. The predicted molar refractivity (Wildman–Crippen MR) is 89.2 cm³/mol. The second-order valence-corrected chi connectivity index (χ2v) is 6.65. The van der Waals surface area contributed by atoms with Crippen molar-refractivity contribution in [2.45, 2.75) is 80.6 Å². The van der Waals surface area contributed by atoms with Crippen molar-refractivity contribution >= 4 is 0 Å². The molecule has 2 aliphatic carbocycles. The molecule has 2 aliphatic rings. The Morgan fingerprint density at radius 1 is 0.950 bits per heavy atom. The topological polar surface area (TPSA) is 0 Å². The summed E-state index contributed by atoms with van der Waals surface area (Å²) >= 11 is 0. The van der Waals surface area contributed by atoms with Crippen LogP contribution in [0, 0.1) is 18.8 Å². The molecule has 20 heavy (non-hydrogen) atoms. The standard InChI is InChI=1S/C12H20.C6H11.CH4.Y/c1-9-6-11-4-3-5-12(8-11)7-10(9)2;1-5(2)6(3)4;;/h11-12H,3-8H2,1-2H3;1H2,2-4H3;1H4;/q;-1;;. The summed E-state index contributed by atoms with van der Waals surface area (Å²) < 4.78 is 0. The Morgan fingerprint density at radius 3 is 1.60 bits per heavy atom. The van der Waals surface area contributed by atoms with E-state index in [1.165, 1.54) is 49.7 Å². The summed E-state index contributed by atoms with van der Waals surface area (Å²) in [5.74, 6) is 2.09. The molecule has 2 atom stereocenters. The third kappa shape index (κ3) is 8.03. The van der Waals surface area contributed by atoms with Gasteiger partial charge in [-0.05, 0) is 44.9 Å². The fraction of sp³-hybridized carbons (Fsp3) is 0.737. The van der Waals surface area contributed by atoms with Crippen molar-refractivity contribution in [1.29, 1.82) is 0 Å². The van der Waals surface area contributed by atoms with Crippen molar-refractivity contribution in [1.82, 2.24) is 0 Å². The SMILES string of the molecule is C.CC1=C(C)CC2CCCC(C1)C2.[CH2-]C(C)=C(C)C.[Y]. The van der Waals surface area contributed by atoms with Crippen molar-refractivity contribution in [3.8, 4) is 0 Å². The van der Waals surface area contributed by atoms with E-state index in [0.717, 1.165) is 11.8 Å². The van der Waals surface area contributed by atoms with Gasteiger partial charge < -0.3 is 0 Å². The molecule has 0 aliphatic heterocycles. The zero-order valence-corrected chi connectivity index (χ0v) is 16.5. The van der Waals surface area contributed by atoms with Crippen molar-refractivity contribution in [3.05, 3.63) is 29.2 Å². The van der Waals surface area contributed by atoms with Gasteiger partial charge in [0.2, 0.25) is 0 Å². The summed E-state index contributed by atoms with van der Waals surface area (Å²) in [6.45, 7) is 14.5. The second kappa shape index (κ2) is 11.1. The Morgan fingerprint density at radius 2 is 1.30 bits per heavy atom. The van der Waals surface area contributed by atoms with Crippen molar-refractivity contribution in [3.63, 3.8) is 0 Å². The van der Waals surface area contributed by atoms with Crippen LogP contribution in [0.25, 0.3) is 0 Å². The van der Waals surface area contributed by atoms with Gasteiger partial charge >= 0.3 is 0 Å². The Bertz CT molecular complexity index is 298. The van der Waals surface area contributed by atoms with Crippen LogP contribution in [0.15, 0.2) is 22.3 Å². The smallest absolute Gasteiger partial charge is 0 e. The Kier molecular flexibility index (Phi) is 12.6. The zero-order valence-electron chi connectivity index (χ0n) is 13.7. The summed E-state index contributed by atoms with van der Waals surface area (Å²) in [4.78, 5) is 0. The molecular weight excluding hydrogens is 317 g/mol. The number of fused-ring (bicyclic) bond motifs is 2. The van der Waals surface area contributed by atoms with Gasteiger partial charge in [-0.1, -0.05) is 44.8 Å². The van der Waals surface area contributed by atoms with Gasteiger partial charge in [0.05, 0.1) is 0 Å². The first kappa shape index (κ1) is 22.7. The minimum atomic E-state index is 0. The molecule has 0 heterocycles. The van der Waals surface area contributed by atoms with Gasteiger partial charge in [-0.3, -0.25) is 0 Å². The molecule has 1 radical (unpaired) electrons. The van der Waals surface area contributed by atoms with E-state index < -0.39 is 0 Å². The third-order valence-electron chi connectivity index (χ3n) is 4.66. The maximum Gasteiger partial charge on any atom is 0 e. The minimum absolute atomic E-state index is 0. The summed E-state index contributed by atoms with van der Waals surface area (Å²) in [6, 6.07) is 0. The van der Waals surface area contributed by atoms with E-state index in [0.29, 0.717) is 0 Å². The Balaban J connectivity index is 0. The van der Waals surface area contributed by atoms with Crippen molar-refractivity contribution in [2.75, 3.05) is 0 Å². The molecule has 0 aromatic heterocycles. The van der Waals surface area contributed by atoms with Gasteiger partial charge in [0.15, 0.2) is 0 Å². The van der Waals surface area contributed by atoms with Gasteiger partial charge in [0.1, 0.15) is 0 Å². The Labute approximate surface area is 153 Å². The molecule has 0 amide bonds. The van der Waals surface area contributed by atoms with Crippen LogP contribution >= 0.6 is 0 Å². The largest absolute Gasteiger partial charge is 0.242 e. The van der Waals surface area contributed by atoms with E-state index in [2.05, 4.69) is 34.6 Å². The maximum atomic E-state index is 3.72. The molecule has 0 spiro atoms. The number of hydrogen-bond acceptors (Lipinski definition) is 0. The second-order valence-electron chi connectivity index (χ2n) is 6.65. The van der Waals surface area contributed by atoms with Gasteiger partial charge in [-0.2, -0.15) is 0 Å². The first-order valence-electron chi connectivity index (χ1n) is 7.51. The molecule has 1 heteroatoms. The van der Waals surface area contributed by atoms with E-state index in [1.54, 1.807) is 11.1 Å². The number of hydrogen-bond donors (Lipinski definition) is 0. The van der Waals surface area contributed by atoms with Crippen LogP contribution in [0.1, 0.15) is 80.6 Å². The van der Waals surface area contributed by atoms with E-state index in [1.807, 2.05) is 6.92 Å². The summed E-state index contributed by atoms with van der Waals surface area (Å²) in [6.07, 6.45) is 8.83. The predicted octanol–water partition coefficient (Wildman–Crippen LogP) is 6.73. The molecule has 1 saturated carbocycles. The molecule has 2 bridgehead atoms. The zero-order chi connectivity index (χ0) is 13.7. The van der Waals surface area contributed by atoms with E-state index in [9.17, 15) is 0 Å². The quantitative estimate of drug-likeness (QED) is 0.335. The van der Waals surface area contributed by atoms with Crippen molar-refractivity contribution in [2.24, 2.45) is 11.8 Å². The summed E-state index contributed by atoms with van der Waals surface area (Å²) in [5.41, 5.74) is 5.89. The molecule has 2 unspecified atom stereocenters. The molecule has 0 aromatic carbocycles. The Hall–Kier alpha value is 0.454. The molecule has 1 fully saturated rings. The monoisotopic (exact) mass is 352 g/mol. The molecule has 0 nitrogen and oxygen atoms in total. The molecule has 0 aromatic rings. The first-order valence-corrected chi connectivity index (χ1v) is 7.51. The van der Waals surface area contributed by atoms with Gasteiger partial charge in [-0.25, -0.2) is 18.1 Å². The maximum absolute atomic E-state index is 3.72. The normalized spacial score (nSPS) is 24.2. The fourth-order valence-corrected chi connectivity index (χ4v) is 2.99.